The van der Waals surface area contributed by atoms with Crippen LogP contribution in [0.25, 0.3) is 0 Å². The van der Waals surface area contributed by atoms with Crippen molar-refractivity contribution in [3.63, 3.8) is 0 Å². The number of nitrogens with zero attached hydrogens (tertiary/aromatic N) is 1. The summed E-state index contributed by atoms with van der Waals surface area (Å²) >= 11 is 6.14. The molecule has 0 bridgehead atoms. The van der Waals surface area contributed by atoms with E-state index in [1.807, 2.05) is 7.05 Å². The normalized spacial score (nSPS) is 21.1. The van der Waals surface area contributed by atoms with Crippen molar-refractivity contribution < 1.29 is 9.13 Å². The molecule has 1 fully saturated rings. The van der Waals surface area contributed by atoms with E-state index in [-0.39, 0.29) is 11.9 Å². The number of nitrogens with two attached hydrogens (primary N) is 1. The fraction of sp³-hybridized carbons (Fsp3) is 0.600. The molecule has 1 aromatic rings. The molecular formula is C15H22ClFN2O. The fourth-order valence-electron chi connectivity index (χ4n) is 2.83. The van der Waals surface area contributed by atoms with Gasteiger partial charge in [0.15, 0.2) is 0 Å². The van der Waals surface area contributed by atoms with E-state index in [0.29, 0.717) is 23.0 Å². The number of likely N-dealkylation sites (N-methyl/N-ethyl adjacent to an activating group) is 1. The minimum Gasteiger partial charge on any atom is -0.381 e. The second-order valence-corrected chi connectivity index (χ2v) is 5.82. The Kier molecular flexibility index (Phi) is 5.78. The second-order valence-electron chi connectivity index (χ2n) is 5.41. The van der Waals surface area contributed by atoms with Gasteiger partial charge in [-0.05, 0) is 37.9 Å². The Labute approximate surface area is 124 Å². The lowest BCUT2D eigenvalue weighted by atomic mass is 9.99. The van der Waals surface area contributed by atoms with Crippen LogP contribution in [0.1, 0.15) is 24.4 Å². The van der Waals surface area contributed by atoms with E-state index in [1.165, 1.54) is 6.07 Å². The predicted molar refractivity (Wildman–Crippen MR) is 79.4 cm³/mol. The summed E-state index contributed by atoms with van der Waals surface area (Å²) in [4.78, 5) is 2.09. The molecule has 1 aliphatic heterocycles. The molecule has 0 aliphatic carbocycles. The predicted octanol–water partition coefficient (Wildman–Crippen LogP) is 2.84. The molecule has 1 aliphatic rings. The van der Waals surface area contributed by atoms with E-state index in [1.54, 1.807) is 12.1 Å². The fourth-order valence-corrected chi connectivity index (χ4v) is 3.12. The lowest BCUT2D eigenvalue weighted by Gasteiger charge is -2.33. The molecule has 5 heteroatoms. The highest BCUT2D eigenvalue weighted by atomic mass is 35.5. The number of ether oxygens (including phenoxy) is 1. The van der Waals surface area contributed by atoms with E-state index < -0.39 is 0 Å². The van der Waals surface area contributed by atoms with Gasteiger partial charge in [-0.2, -0.15) is 0 Å². The Morgan fingerprint density at radius 2 is 2.35 bits per heavy atom. The Hall–Kier alpha value is -0.680. The highest BCUT2D eigenvalue weighted by Gasteiger charge is 2.25. The Morgan fingerprint density at radius 3 is 2.95 bits per heavy atom. The first-order valence-electron chi connectivity index (χ1n) is 7.05. The summed E-state index contributed by atoms with van der Waals surface area (Å²) in [6, 6.07) is 4.55. The summed E-state index contributed by atoms with van der Waals surface area (Å²) in [6.45, 7) is 2.80. The molecule has 1 aromatic carbocycles. The number of halogens is 2. The zero-order valence-corrected chi connectivity index (χ0v) is 12.6. The highest BCUT2D eigenvalue weighted by Crippen LogP contribution is 2.29. The van der Waals surface area contributed by atoms with E-state index in [2.05, 4.69) is 4.90 Å². The SMILES string of the molecule is CN(CC1CCCOC1)C(CN)c1c(F)cccc1Cl. The molecule has 3 nitrogen and oxygen atoms in total. The summed E-state index contributed by atoms with van der Waals surface area (Å²) < 4.78 is 19.5. The van der Waals surface area contributed by atoms with Crippen molar-refractivity contribution in [3.05, 3.63) is 34.6 Å². The average molecular weight is 301 g/mol. The van der Waals surface area contributed by atoms with Crippen molar-refractivity contribution in [1.82, 2.24) is 4.90 Å². The third kappa shape index (κ3) is 3.70. The average Bonchev–Trinajstić information content (AvgIpc) is 2.44. The molecule has 0 radical (unpaired) electrons. The molecule has 2 rings (SSSR count). The lowest BCUT2D eigenvalue weighted by Crippen LogP contribution is -2.37. The van der Waals surface area contributed by atoms with Gasteiger partial charge in [0, 0.05) is 30.3 Å². The molecule has 1 heterocycles. The third-order valence-electron chi connectivity index (χ3n) is 3.89. The van der Waals surface area contributed by atoms with Crippen LogP contribution in [0, 0.1) is 11.7 Å². The monoisotopic (exact) mass is 300 g/mol. The quantitative estimate of drug-likeness (QED) is 0.909. The molecule has 2 N–H and O–H groups in total. The standard InChI is InChI=1S/C15H22ClFN2O/c1-19(9-11-4-3-7-20-10-11)14(8-18)15-12(16)5-2-6-13(15)17/h2,5-6,11,14H,3-4,7-10,18H2,1H3. The van der Waals surface area contributed by atoms with Crippen LogP contribution < -0.4 is 5.73 Å². The summed E-state index contributed by atoms with van der Waals surface area (Å²) in [6.07, 6.45) is 2.24. The molecule has 0 saturated carbocycles. The van der Waals surface area contributed by atoms with Gasteiger partial charge in [0.25, 0.3) is 0 Å². The van der Waals surface area contributed by atoms with E-state index in [0.717, 1.165) is 32.6 Å². The van der Waals surface area contributed by atoms with E-state index in [4.69, 9.17) is 22.1 Å². The van der Waals surface area contributed by atoms with Crippen molar-refractivity contribution in [2.24, 2.45) is 11.7 Å². The third-order valence-corrected chi connectivity index (χ3v) is 4.22. The molecule has 0 aromatic heterocycles. The number of hydrogen-bond donors (Lipinski definition) is 1. The van der Waals surface area contributed by atoms with Gasteiger partial charge < -0.3 is 10.5 Å². The summed E-state index contributed by atoms with van der Waals surface area (Å²) in [5.74, 6) is 0.188. The maximum absolute atomic E-state index is 14.0. The van der Waals surface area contributed by atoms with Gasteiger partial charge in [-0.25, -0.2) is 4.39 Å². The van der Waals surface area contributed by atoms with Crippen LogP contribution >= 0.6 is 11.6 Å². The summed E-state index contributed by atoms with van der Waals surface area (Å²) in [5, 5.41) is 0.437. The van der Waals surface area contributed by atoms with Gasteiger partial charge in [0.1, 0.15) is 5.82 Å². The van der Waals surface area contributed by atoms with Crippen LogP contribution in [0.2, 0.25) is 5.02 Å². The lowest BCUT2D eigenvalue weighted by molar-refractivity contribution is 0.0363. The largest absolute Gasteiger partial charge is 0.381 e. The van der Waals surface area contributed by atoms with Crippen molar-refractivity contribution in [2.45, 2.75) is 18.9 Å². The van der Waals surface area contributed by atoms with E-state index in [9.17, 15) is 4.39 Å². The first-order chi connectivity index (χ1) is 9.63. The maximum Gasteiger partial charge on any atom is 0.129 e. The van der Waals surface area contributed by atoms with Crippen LogP contribution in [0.15, 0.2) is 18.2 Å². The van der Waals surface area contributed by atoms with Crippen LogP contribution in [0.3, 0.4) is 0 Å². The van der Waals surface area contributed by atoms with Crippen molar-refractivity contribution >= 4 is 11.6 Å². The van der Waals surface area contributed by atoms with Crippen LogP contribution in [-0.4, -0.2) is 38.3 Å². The van der Waals surface area contributed by atoms with Crippen molar-refractivity contribution in [2.75, 3.05) is 33.4 Å². The molecule has 20 heavy (non-hydrogen) atoms. The first kappa shape index (κ1) is 15.7. The highest BCUT2D eigenvalue weighted by molar-refractivity contribution is 6.31. The molecule has 2 atom stereocenters. The van der Waals surface area contributed by atoms with Gasteiger partial charge in [0.2, 0.25) is 0 Å². The van der Waals surface area contributed by atoms with Crippen LogP contribution in [0.4, 0.5) is 4.39 Å². The van der Waals surface area contributed by atoms with Crippen molar-refractivity contribution in [1.29, 1.82) is 0 Å². The van der Waals surface area contributed by atoms with Crippen LogP contribution in [-0.2, 0) is 4.74 Å². The van der Waals surface area contributed by atoms with Gasteiger partial charge in [-0.1, -0.05) is 17.7 Å². The van der Waals surface area contributed by atoms with Crippen LogP contribution in [0.5, 0.6) is 0 Å². The van der Waals surface area contributed by atoms with Gasteiger partial charge >= 0.3 is 0 Å². The molecule has 2 unspecified atom stereocenters. The Bertz CT molecular complexity index is 418. The number of benzene rings is 1. The van der Waals surface area contributed by atoms with Gasteiger partial charge in [-0.3, -0.25) is 4.90 Å². The van der Waals surface area contributed by atoms with Crippen molar-refractivity contribution in [3.8, 4) is 0 Å². The molecule has 0 spiro atoms. The summed E-state index contributed by atoms with van der Waals surface area (Å²) in [5.41, 5.74) is 6.35. The smallest absolute Gasteiger partial charge is 0.129 e. The summed E-state index contributed by atoms with van der Waals surface area (Å²) in [7, 11) is 1.97. The topological polar surface area (TPSA) is 38.5 Å². The number of hydrogen-bond acceptors (Lipinski definition) is 3. The maximum atomic E-state index is 14.0. The second kappa shape index (κ2) is 7.36. The Balaban J connectivity index is 2.10. The molecule has 0 amide bonds. The van der Waals surface area contributed by atoms with Gasteiger partial charge in [-0.15, -0.1) is 0 Å². The Morgan fingerprint density at radius 1 is 1.55 bits per heavy atom. The van der Waals surface area contributed by atoms with E-state index >= 15 is 0 Å². The first-order valence-corrected chi connectivity index (χ1v) is 7.43. The molecular weight excluding hydrogens is 279 g/mol. The van der Waals surface area contributed by atoms with Gasteiger partial charge in [0.05, 0.1) is 12.6 Å². The minimum absolute atomic E-state index is 0.203. The zero-order valence-electron chi connectivity index (χ0n) is 11.8. The number of rotatable bonds is 5. The zero-order chi connectivity index (χ0) is 14.5. The molecule has 112 valence electrons. The minimum atomic E-state index is -0.292. The molecule has 1 saturated heterocycles.